The minimum absolute atomic E-state index is 0.173. The van der Waals surface area contributed by atoms with Gasteiger partial charge in [0.15, 0.2) is 0 Å². The van der Waals surface area contributed by atoms with Crippen LogP contribution in [0.4, 0.5) is 5.82 Å². The van der Waals surface area contributed by atoms with E-state index in [1.165, 1.54) is 11.8 Å². The number of carbonyl (C=O) groups is 1. The van der Waals surface area contributed by atoms with E-state index in [9.17, 15) is 4.79 Å². The molecule has 0 aliphatic carbocycles. The zero-order valence-corrected chi connectivity index (χ0v) is 15.6. The molecule has 4 aromatic rings. The molecule has 0 saturated heterocycles. The van der Waals surface area contributed by atoms with Gasteiger partial charge in [-0.05, 0) is 17.7 Å². The Morgan fingerprint density at radius 3 is 2.93 bits per heavy atom. The molecule has 27 heavy (non-hydrogen) atoms. The Morgan fingerprint density at radius 1 is 1.19 bits per heavy atom. The number of rotatable bonds is 6. The predicted molar refractivity (Wildman–Crippen MR) is 103 cm³/mol. The van der Waals surface area contributed by atoms with Crippen molar-refractivity contribution >= 4 is 40.9 Å². The second-order valence-corrected chi connectivity index (χ2v) is 6.91. The van der Waals surface area contributed by atoms with Gasteiger partial charge in [-0.2, -0.15) is 10.1 Å². The first-order chi connectivity index (χ1) is 13.2. The Hall–Kier alpha value is -2.91. The SMILES string of the molecule is O=C(CSc1nc2ncccn2n1)Nc1ccnn1Cc1ccccc1Cl. The van der Waals surface area contributed by atoms with Gasteiger partial charge in [-0.15, -0.1) is 5.10 Å². The van der Waals surface area contributed by atoms with E-state index < -0.39 is 0 Å². The molecular weight excluding hydrogens is 386 g/mol. The second-order valence-electron chi connectivity index (χ2n) is 5.56. The Morgan fingerprint density at radius 2 is 2.07 bits per heavy atom. The van der Waals surface area contributed by atoms with Crippen LogP contribution in [0.15, 0.2) is 60.1 Å². The van der Waals surface area contributed by atoms with Gasteiger partial charge < -0.3 is 5.32 Å². The van der Waals surface area contributed by atoms with Crippen molar-refractivity contribution in [2.75, 3.05) is 11.1 Å². The summed E-state index contributed by atoms with van der Waals surface area (Å²) in [6, 6.07) is 11.0. The monoisotopic (exact) mass is 399 g/mol. The maximum absolute atomic E-state index is 12.3. The number of hydrogen-bond acceptors (Lipinski definition) is 6. The van der Waals surface area contributed by atoms with Crippen LogP contribution in [0, 0.1) is 0 Å². The molecule has 1 N–H and O–H groups in total. The van der Waals surface area contributed by atoms with Crippen LogP contribution < -0.4 is 5.32 Å². The summed E-state index contributed by atoms with van der Waals surface area (Å²) in [6.07, 6.45) is 5.03. The maximum atomic E-state index is 12.3. The predicted octanol–water partition coefficient (Wildman–Crippen LogP) is 2.75. The molecule has 0 saturated carbocycles. The quantitative estimate of drug-likeness (QED) is 0.501. The number of anilines is 1. The number of aromatic nitrogens is 6. The van der Waals surface area contributed by atoms with Crippen molar-refractivity contribution in [3.05, 3.63) is 65.6 Å². The molecule has 10 heteroatoms. The summed E-state index contributed by atoms with van der Waals surface area (Å²) >= 11 is 7.44. The summed E-state index contributed by atoms with van der Waals surface area (Å²) in [5.74, 6) is 1.10. The van der Waals surface area contributed by atoms with E-state index in [2.05, 4.69) is 25.5 Å². The van der Waals surface area contributed by atoms with E-state index in [1.807, 2.05) is 24.3 Å². The lowest BCUT2D eigenvalue weighted by atomic mass is 10.2. The van der Waals surface area contributed by atoms with Gasteiger partial charge in [0.05, 0.1) is 18.5 Å². The van der Waals surface area contributed by atoms with E-state index in [1.54, 1.807) is 39.9 Å². The van der Waals surface area contributed by atoms with Gasteiger partial charge in [-0.25, -0.2) is 14.2 Å². The molecule has 1 amide bonds. The molecule has 3 heterocycles. The van der Waals surface area contributed by atoms with E-state index in [-0.39, 0.29) is 11.7 Å². The number of carbonyl (C=O) groups excluding carboxylic acids is 1. The standard InChI is InChI=1S/C17H14ClN7OS/c18-13-5-2-1-4-12(13)10-25-14(6-8-20-25)21-15(26)11-27-17-22-16-19-7-3-9-24(16)23-17/h1-9H,10-11H2,(H,21,26). The van der Waals surface area contributed by atoms with Crippen molar-refractivity contribution in [3.8, 4) is 0 Å². The molecule has 0 unspecified atom stereocenters. The van der Waals surface area contributed by atoms with Gasteiger partial charge >= 0.3 is 0 Å². The smallest absolute Gasteiger partial charge is 0.253 e. The molecule has 1 aromatic carbocycles. The highest BCUT2D eigenvalue weighted by atomic mass is 35.5. The average molecular weight is 400 g/mol. The van der Waals surface area contributed by atoms with Crippen LogP contribution in [0.25, 0.3) is 5.78 Å². The third-order valence-corrected chi connectivity index (χ3v) is 4.90. The van der Waals surface area contributed by atoms with Gasteiger partial charge in [-0.3, -0.25) is 4.79 Å². The number of thioether (sulfide) groups is 1. The number of nitrogens with one attached hydrogen (secondary N) is 1. The molecule has 0 bridgehead atoms. The van der Waals surface area contributed by atoms with Gasteiger partial charge in [0, 0.05) is 23.5 Å². The van der Waals surface area contributed by atoms with Crippen LogP contribution in [0.5, 0.6) is 0 Å². The molecule has 0 spiro atoms. The topological polar surface area (TPSA) is 90.0 Å². The lowest BCUT2D eigenvalue weighted by Crippen LogP contribution is -2.18. The molecule has 136 valence electrons. The van der Waals surface area contributed by atoms with E-state index in [4.69, 9.17) is 11.6 Å². The highest BCUT2D eigenvalue weighted by Gasteiger charge is 2.12. The normalized spacial score (nSPS) is 11.0. The summed E-state index contributed by atoms with van der Waals surface area (Å²) in [7, 11) is 0. The molecule has 8 nitrogen and oxygen atoms in total. The molecule has 0 radical (unpaired) electrons. The molecule has 4 rings (SSSR count). The Bertz CT molecular complexity index is 1060. The summed E-state index contributed by atoms with van der Waals surface area (Å²) in [4.78, 5) is 20.7. The van der Waals surface area contributed by atoms with E-state index >= 15 is 0 Å². The number of hydrogen-bond donors (Lipinski definition) is 1. The molecule has 0 fully saturated rings. The highest BCUT2D eigenvalue weighted by Crippen LogP contribution is 2.19. The highest BCUT2D eigenvalue weighted by molar-refractivity contribution is 7.99. The van der Waals surface area contributed by atoms with E-state index in [0.29, 0.717) is 28.3 Å². The van der Waals surface area contributed by atoms with Crippen molar-refractivity contribution < 1.29 is 4.79 Å². The molecule has 0 aliphatic heterocycles. The first kappa shape index (κ1) is 17.5. The van der Waals surface area contributed by atoms with Crippen LogP contribution in [-0.4, -0.2) is 41.0 Å². The zero-order chi connectivity index (χ0) is 18.6. The number of fused-ring (bicyclic) bond motifs is 1. The van der Waals surface area contributed by atoms with Crippen molar-refractivity contribution in [2.24, 2.45) is 0 Å². The van der Waals surface area contributed by atoms with E-state index in [0.717, 1.165) is 5.56 Å². The summed E-state index contributed by atoms with van der Waals surface area (Å²) < 4.78 is 3.26. The van der Waals surface area contributed by atoms with Gasteiger partial charge in [-0.1, -0.05) is 41.6 Å². The first-order valence-electron chi connectivity index (χ1n) is 8.04. The molecular formula is C17H14ClN7OS. The average Bonchev–Trinajstić information content (AvgIpc) is 3.28. The minimum atomic E-state index is -0.173. The molecule has 0 aliphatic rings. The number of benzene rings is 1. The fourth-order valence-corrected chi connectivity index (χ4v) is 3.26. The van der Waals surface area contributed by atoms with Crippen molar-refractivity contribution in [1.29, 1.82) is 0 Å². The molecule has 0 atom stereocenters. The van der Waals surface area contributed by atoms with Crippen LogP contribution in [0.1, 0.15) is 5.56 Å². The Kier molecular flexibility index (Phi) is 5.03. The van der Waals surface area contributed by atoms with Crippen LogP contribution in [-0.2, 0) is 11.3 Å². The fourth-order valence-electron chi connectivity index (χ4n) is 2.44. The van der Waals surface area contributed by atoms with Crippen LogP contribution in [0.3, 0.4) is 0 Å². The largest absolute Gasteiger partial charge is 0.310 e. The van der Waals surface area contributed by atoms with Gasteiger partial charge in [0.25, 0.3) is 5.78 Å². The number of nitrogens with zero attached hydrogens (tertiary/aromatic N) is 6. The van der Waals surface area contributed by atoms with Gasteiger partial charge in [0.1, 0.15) is 5.82 Å². The first-order valence-corrected chi connectivity index (χ1v) is 9.41. The molecule has 3 aromatic heterocycles. The number of halogens is 1. The van der Waals surface area contributed by atoms with Crippen molar-refractivity contribution in [2.45, 2.75) is 11.7 Å². The lowest BCUT2D eigenvalue weighted by molar-refractivity contribution is -0.113. The Balaban J connectivity index is 1.38. The summed E-state index contributed by atoms with van der Waals surface area (Å²) in [6.45, 7) is 0.467. The fraction of sp³-hybridized carbons (Fsp3) is 0.118. The number of amides is 1. The third kappa shape index (κ3) is 4.09. The van der Waals surface area contributed by atoms with Crippen molar-refractivity contribution in [1.82, 2.24) is 29.4 Å². The van der Waals surface area contributed by atoms with Gasteiger partial charge in [0.2, 0.25) is 11.1 Å². The second kappa shape index (κ2) is 7.77. The zero-order valence-electron chi connectivity index (χ0n) is 14.0. The van der Waals surface area contributed by atoms with Crippen LogP contribution in [0.2, 0.25) is 5.02 Å². The van der Waals surface area contributed by atoms with Crippen molar-refractivity contribution in [3.63, 3.8) is 0 Å². The van der Waals surface area contributed by atoms with Crippen LogP contribution >= 0.6 is 23.4 Å². The summed E-state index contributed by atoms with van der Waals surface area (Å²) in [5, 5.41) is 12.5. The lowest BCUT2D eigenvalue weighted by Gasteiger charge is -2.09. The summed E-state index contributed by atoms with van der Waals surface area (Å²) in [5.41, 5.74) is 0.925. The minimum Gasteiger partial charge on any atom is -0.310 e. The Labute approximate surface area is 163 Å². The maximum Gasteiger partial charge on any atom is 0.253 e. The third-order valence-electron chi connectivity index (χ3n) is 3.69.